The number of unbranched alkanes of at least 4 members (excludes halogenated alkanes) is 1. The molecule has 1 aromatic rings. The molecule has 0 aliphatic carbocycles. The minimum atomic E-state index is -0.116. The van der Waals surface area contributed by atoms with Crippen molar-refractivity contribution in [2.75, 3.05) is 19.7 Å². The standard InChI is InChI=1S/C15H23BrN2O2/c1-3-4-7-18(8-9-19)15(20)17-11-13-5-6-14(16)10-12(13)2/h5-6,10,19H,3-4,7-9,11H2,1-2H3,(H,17,20). The smallest absolute Gasteiger partial charge is 0.317 e. The molecule has 0 aliphatic heterocycles. The number of hydrogen-bond acceptors (Lipinski definition) is 2. The summed E-state index contributed by atoms with van der Waals surface area (Å²) in [6.45, 7) is 5.67. The van der Waals surface area contributed by atoms with Crippen LogP contribution < -0.4 is 5.32 Å². The molecule has 1 aromatic carbocycles. The molecule has 0 saturated heterocycles. The Hall–Kier alpha value is -1.07. The molecule has 0 unspecified atom stereocenters. The molecule has 0 bridgehead atoms. The van der Waals surface area contributed by atoms with E-state index in [9.17, 15) is 4.79 Å². The van der Waals surface area contributed by atoms with E-state index in [0.717, 1.165) is 28.4 Å². The topological polar surface area (TPSA) is 52.6 Å². The Kier molecular flexibility index (Phi) is 7.62. The van der Waals surface area contributed by atoms with Gasteiger partial charge in [0, 0.05) is 24.1 Å². The van der Waals surface area contributed by atoms with Crippen LogP contribution in [-0.2, 0) is 6.54 Å². The summed E-state index contributed by atoms with van der Waals surface area (Å²) in [6, 6.07) is 5.89. The average molecular weight is 343 g/mol. The fourth-order valence-electron chi connectivity index (χ4n) is 1.92. The van der Waals surface area contributed by atoms with Gasteiger partial charge in [-0.15, -0.1) is 0 Å². The number of urea groups is 1. The third kappa shape index (κ3) is 5.51. The van der Waals surface area contributed by atoms with Crippen molar-refractivity contribution < 1.29 is 9.90 Å². The molecule has 2 N–H and O–H groups in total. The molecule has 0 radical (unpaired) electrons. The number of nitrogens with zero attached hydrogens (tertiary/aromatic N) is 1. The summed E-state index contributed by atoms with van der Waals surface area (Å²) in [4.78, 5) is 13.7. The first-order valence-corrected chi connectivity index (χ1v) is 7.76. The number of benzene rings is 1. The zero-order valence-corrected chi connectivity index (χ0v) is 13.7. The van der Waals surface area contributed by atoms with Crippen molar-refractivity contribution in [3.8, 4) is 0 Å². The molecule has 4 nitrogen and oxygen atoms in total. The van der Waals surface area contributed by atoms with Gasteiger partial charge in [0.25, 0.3) is 0 Å². The molecule has 1 rings (SSSR count). The Balaban J connectivity index is 2.55. The Labute approximate surface area is 129 Å². The number of halogens is 1. The van der Waals surface area contributed by atoms with Gasteiger partial charge >= 0.3 is 6.03 Å². The van der Waals surface area contributed by atoms with Crippen LogP contribution in [0.3, 0.4) is 0 Å². The third-order valence-corrected chi connectivity index (χ3v) is 3.67. The van der Waals surface area contributed by atoms with Crippen molar-refractivity contribution >= 4 is 22.0 Å². The zero-order valence-electron chi connectivity index (χ0n) is 12.2. The van der Waals surface area contributed by atoms with Crippen LogP contribution in [0.1, 0.15) is 30.9 Å². The minimum Gasteiger partial charge on any atom is -0.395 e. The predicted molar refractivity (Wildman–Crippen MR) is 84.7 cm³/mol. The molecule has 0 saturated carbocycles. The van der Waals surface area contributed by atoms with Gasteiger partial charge in [-0.25, -0.2) is 4.79 Å². The monoisotopic (exact) mass is 342 g/mol. The molecule has 0 aromatic heterocycles. The second-order valence-corrected chi connectivity index (χ2v) is 5.71. The number of nitrogens with one attached hydrogen (secondary N) is 1. The molecule has 0 aliphatic rings. The summed E-state index contributed by atoms with van der Waals surface area (Å²) in [5.74, 6) is 0. The number of hydrogen-bond donors (Lipinski definition) is 2. The Morgan fingerprint density at radius 1 is 1.40 bits per heavy atom. The van der Waals surface area contributed by atoms with Crippen LogP contribution in [0.15, 0.2) is 22.7 Å². The molecule has 0 atom stereocenters. The molecule has 112 valence electrons. The van der Waals surface area contributed by atoms with Gasteiger partial charge in [0.1, 0.15) is 0 Å². The Bertz CT molecular complexity index is 438. The number of amides is 2. The summed E-state index contributed by atoms with van der Waals surface area (Å²) in [7, 11) is 0. The van der Waals surface area contributed by atoms with E-state index >= 15 is 0 Å². The Morgan fingerprint density at radius 3 is 2.75 bits per heavy atom. The zero-order chi connectivity index (χ0) is 15.0. The number of rotatable bonds is 7. The van der Waals surface area contributed by atoms with Crippen LogP contribution in [-0.4, -0.2) is 35.7 Å². The molecular formula is C15H23BrN2O2. The highest BCUT2D eigenvalue weighted by Gasteiger charge is 2.12. The van der Waals surface area contributed by atoms with Gasteiger partial charge in [-0.1, -0.05) is 35.3 Å². The first kappa shape index (κ1) is 17.0. The molecular weight excluding hydrogens is 320 g/mol. The lowest BCUT2D eigenvalue weighted by Crippen LogP contribution is -2.41. The van der Waals surface area contributed by atoms with Crippen LogP contribution in [0.5, 0.6) is 0 Å². The van der Waals surface area contributed by atoms with Crippen LogP contribution in [0, 0.1) is 6.92 Å². The molecule has 5 heteroatoms. The van der Waals surface area contributed by atoms with Crippen LogP contribution in [0.25, 0.3) is 0 Å². The molecule has 0 heterocycles. The maximum absolute atomic E-state index is 12.1. The summed E-state index contributed by atoms with van der Waals surface area (Å²) in [5, 5.41) is 11.9. The lowest BCUT2D eigenvalue weighted by atomic mass is 10.1. The summed E-state index contributed by atoms with van der Waals surface area (Å²) in [6.07, 6.45) is 1.98. The summed E-state index contributed by atoms with van der Waals surface area (Å²) in [5.41, 5.74) is 2.24. The van der Waals surface area contributed by atoms with Crippen molar-refractivity contribution in [3.63, 3.8) is 0 Å². The van der Waals surface area contributed by atoms with Gasteiger partial charge in [-0.2, -0.15) is 0 Å². The first-order chi connectivity index (χ1) is 9.58. The number of aryl methyl sites for hydroxylation is 1. The number of carbonyl (C=O) groups is 1. The van der Waals surface area contributed by atoms with Crippen molar-refractivity contribution in [1.82, 2.24) is 10.2 Å². The quantitative estimate of drug-likeness (QED) is 0.800. The van der Waals surface area contributed by atoms with Crippen LogP contribution >= 0.6 is 15.9 Å². The number of aliphatic hydroxyl groups excluding tert-OH is 1. The maximum Gasteiger partial charge on any atom is 0.317 e. The van der Waals surface area contributed by atoms with E-state index in [4.69, 9.17) is 5.11 Å². The largest absolute Gasteiger partial charge is 0.395 e. The van der Waals surface area contributed by atoms with E-state index in [-0.39, 0.29) is 12.6 Å². The second-order valence-electron chi connectivity index (χ2n) is 4.79. The number of aliphatic hydroxyl groups is 1. The van der Waals surface area contributed by atoms with Gasteiger partial charge in [0.05, 0.1) is 6.61 Å². The van der Waals surface area contributed by atoms with Crippen LogP contribution in [0.2, 0.25) is 0 Å². The highest BCUT2D eigenvalue weighted by atomic mass is 79.9. The van der Waals surface area contributed by atoms with Crippen LogP contribution in [0.4, 0.5) is 4.79 Å². The summed E-state index contributed by atoms with van der Waals surface area (Å²) < 4.78 is 1.04. The molecule has 0 spiro atoms. The Morgan fingerprint density at radius 2 is 2.15 bits per heavy atom. The third-order valence-electron chi connectivity index (χ3n) is 3.17. The first-order valence-electron chi connectivity index (χ1n) is 6.97. The van der Waals surface area contributed by atoms with E-state index in [0.29, 0.717) is 19.6 Å². The van der Waals surface area contributed by atoms with E-state index in [1.807, 2.05) is 25.1 Å². The maximum atomic E-state index is 12.1. The lowest BCUT2D eigenvalue weighted by Gasteiger charge is -2.22. The van der Waals surface area contributed by atoms with Crippen molar-refractivity contribution in [1.29, 1.82) is 0 Å². The van der Waals surface area contributed by atoms with E-state index < -0.39 is 0 Å². The summed E-state index contributed by atoms with van der Waals surface area (Å²) >= 11 is 3.43. The average Bonchev–Trinajstić information content (AvgIpc) is 2.42. The van der Waals surface area contributed by atoms with Gasteiger partial charge in [-0.3, -0.25) is 0 Å². The fraction of sp³-hybridized carbons (Fsp3) is 0.533. The van der Waals surface area contributed by atoms with Gasteiger partial charge < -0.3 is 15.3 Å². The van der Waals surface area contributed by atoms with Crippen molar-refractivity contribution in [2.24, 2.45) is 0 Å². The van der Waals surface area contributed by atoms with Gasteiger partial charge in [-0.05, 0) is 36.6 Å². The molecule has 0 fully saturated rings. The number of carbonyl (C=O) groups excluding carboxylic acids is 1. The van der Waals surface area contributed by atoms with E-state index in [2.05, 4.69) is 28.2 Å². The van der Waals surface area contributed by atoms with E-state index in [1.165, 1.54) is 0 Å². The molecule has 20 heavy (non-hydrogen) atoms. The van der Waals surface area contributed by atoms with E-state index in [1.54, 1.807) is 4.90 Å². The van der Waals surface area contributed by atoms with Gasteiger partial charge in [0.2, 0.25) is 0 Å². The van der Waals surface area contributed by atoms with Gasteiger partial charge in [0.15, 0.2) is 0 Å². The highest BCUT2D eigenvalue weighted by Crippen LogP contribution is 2.15. The molecule has 2 amide bonds. The fourth-order valence-corrected chi connectivity index (χ4v) is 2.40. The predicted octanol–water partition coefficient (Wildman–Crippen LogP) is 3.06. The van der Waals surface area contributed by atoms with Crippen molar-refractivity contribution in [3.05, 3.63) is 33.8 Å². The highest BCUT2D eigenvalue weighted by molar-refractivity contribution is 9.10. The second kappa shape index (κ2) is 8.97. The van der Waals surface area contributed by atoms with Crippen molar-refractivity contribution in [2.45, 2.75) is 33.2 Å². The SMILES string of the molecule is CCCCN(CCO)C(=O)NCc1ccc(Br)cc1C. The lowest BCUT2D eigenvalue weighted by molar-refractivity contribution is 0.176. The minimum absolute atomic E-state index is 0.00551. The normalized spacial score (nSPS) is 10.4.